The molecule has 0 saturated heterocycles. The second-order valence-corrected chi connectivity index (χ2v) is 2.98. The lowest BCUT2D eigenvalue weighted by molar-refractivity contribution is 0.877. The molecule has 0 aliphatic heterocycles. The molecule has 0 spiro atoms. The Morgan fingerprint density at radius 2 is 2.42 bits per heavy atom. The van der Waals surface area contributed by atoms with Crippen LogP contribution in [0.1, 0.15) is 18.3 Å². The van der Waals surface area contributed by atoms with E-state index in [4.69, 9.17) is 18.0 Å². The number of aromatic nitrogens is 2. The molecule has 0 unspecified atom stereocenters. The predicted molar refractivity (Wildman–Crippen MR) is 51.6 cm³/mol. The van der Waals surface area contributed by atoms with E-state index in [1.807, 2.05) is 6.07 Å². The van der Waals surface area contributed by atoms with Gasteiger partial charge in [-0.25, -0.2) is 4.98 Å². The fourth-order valence-corrected chi connectivity index (χ4v) is 1.28. The number of H-pyrrole nitrogens is 1. The van der Waals surface area contributed by atoms with Gasteiger partial charge in [0.05, 0.1) is 0 Å². The number of rotatable bonds is 3. The Kier molecular flexibility index (Phi) is 3.37. The molecule has 3 nitrogen and oxygen atoms in total. The summed E-state index contributed by atoms with van der Waals surface area (Å²) in [6, 6.07) is 2.02. The number of hydrogen-bond acceptors (Lipinski definition) is 3. The second-order valence-electron chi connectivity index (χ2n) is 2.60. The Hall–Kier alpha value is -0.740. The van der Waals surface area contributed by atoms with Crippen LogP contribution in [-0.2, 0) is 12.8 Å². The third-order valence-corrected chi connectivity index (χ3v) is 1.82. The van der Waals surface area contributed by atoms with E-state index in [-0.39, 0.29) is 0 Å². The van der Waals surface area contributed by atoms with Gasteiger partial charge < -0.3 is 10.7 Å². The van der Waals surface area contributed by atoms with E-state index in [0.29, 0.717) is 11.3 Å². The zero-order valence-corrected chi connectivity index (χ0v) is 7.95. The third kappa shape index (κ3) is 2.39. The lowest BCUT2D eigenvalue weighted by Crippen LogP contribution is -2.06. The minimum Gasteiger partial charge on any atom is -0.334 e. The number of hydrogen-bond donors (Lipinski definition) is 2. The molecule has 0 aliphatic carbocycles. The molecule has 1 heterocycles. The SMILES string of the molecule is CCc1cc(CCN)[nH]c(=S)n1. The van der Waals surface area contributed by atoms with Gasteiger partial charge in [0.15, 0.2) is 4.77 Å². The van der Waals surface area contributed by atoms with E-state index >= 15 is 0 Å². The Morgan fingerprint density at radius 1 is 1.67 bits per heavy atom. The molecule has 66 valence electrons. The van der Waals surface area contributed by atoms with Crippen molar-refractivity contribution in [3.8, 4) is 0 Å². The van der Waals surface area contributed by atoms with Crippen molar-refractivity contribution in [1.82, 2.24) is 9.97 Å². The number of aryl methyl sites for hydroxylation is 1. The Balaban J connectivity index is 2.98. The normalized spacial score (nSPS) is 10.2. The Morgan fingerprint density at radius 3 is 3.00 bits per heavy atom. The quantitative estimate of drug-likeness (QED) is 0.692. The summed E-state index contributed by atoms with van der Waals surface area (Å²) in [6.07, 6.45) is 1.75. The summed E-state index contributed by atoms with van der Waals surface area (Å²) in [5.74, 6) is 0. The van der Waals surface area contributed by atoms with E-state index in [0.717, 1.165) is 24.2 Å². The molecule has 1 aromatic heterocycles. The highest BCUT2D eigenvalue weighted by Gasteiger charge is 1.95. The second kappa shape index (κ2) is 4.33. The van der Waals surface area contributed by atoms with Crippen molar-refractivity contribution >= 4 is 12.2 Å². The summed E-state index contributed by atoms with van der Waals surface area (Å²) in [6.45, 7) is 2.70. The highest BCUT2D eigenvalue weighted by molar-refractivity contribution is 7.71. The first-order chi connectivity index (χ1) is 5.76. The number of nitrogens with zero attached hydrogens (tertiary/aromatic N) is 1. The first kappa shape index (κ1) is 9.35. The molecule has 0 aromatic carbocycles. The molecule has 1 rings (SSSR count). The van der Waals surface area contributed by atoms with Crippen LogP contribution in [0.15, 0.2) is 6.07 Å². The van der Waals surface area contributed by atoms with Crippen molar-refractivity contribution in [3.63, 3.8) is 0 Å². The van der Waals surface area contributed by atoms with Gasteiger partial charge in [0.25, 0.3) is 0 Å². The molecule has 0 aliphatic rings. The van der Waals surface area contributed by atoms with Crippen LogP contribution in [-0.4, -0.2) is 16.5 Å². The topological polar surface area (TPSA) is 54.7 Å². The highest BCUT2D eigenvalue weighted by Crippen LogP contribution is 2.00. The fraction of sp³-hybridized carbons (Fsp3) is 0.500. The van der Waals surface area contributed by atoms with Crippen molar-refractivity contribution in [3.05, 3.63) is 22.2 Å². The minimum atomic E-state index is 0.554. The standard InChI is InChI=1S/C8H13N3S/c1-2-6-5-7(3-4-9)11-8(12)10-6/h5H,2-4,9H2,1H3,(H,10,11,12). The molecule has 1 aromatic rings. The molecular formula is C8H13N3S. The van der Waals surface area contributed by atoms with Crippen molar-refractivity contribution in [1.29, 1.82) is 0 Å². The summed E-state index contributed by atoms with van der Waals surface area (Å²) in [4.78, 5) is 7.16. The van der Waals surface area contributed by atoms with Crippen molar-refractivity contribution < 1.29 is 0 Å². The van der Waals surface area contributed by atoms with Gasteiger partial charge in [0.1, 0.15) is 0 Å². The van der Waals surface area contributed by atoms with Gasteiger partial charge in [-0.1, -0.05) is 6.92 Å². The molecule has 0 atom stereocenters. The lowest BCUT2D eigenvalue weighted by atomic mass is 10.2. The molecule has 3 N–H and O–H groups in total. The molecular weight excluding hydrogens is 170 g/mol. The smallest absolute Gasteiger partial charge is 0.197 e. The van der Waals surface area contributed by atoms with Gasteiger partial charge in [-0.3, -0.25) is 0 Å². The summed E-state index contributed by atoms with van der Waals surface area (Å²) in [5.41, 5.74) is 7.54. The first-order valence-corrected chi connectivity index (χ1v) is 4.46. The maximum Gasteiger partial charge on any atom is 0.197 e. The van der Waals surface area contributed by atoms with E-state index in [2.05, 4.69) is 16.9 Å². The molecule has 0 saturated carbocycles. The van der Waals surface area contributed by atoms with Crippen LogP contribution in [0.2, 0.25) is 0 Å². The number of aromatic amines is 1. The molecule has 0 fully saturated rings. The largest absolute Gasteiger partial charge is 0.334 e. The van der Waals surface area contributed by atoms with Crippen molar-refractivity contribution in [2.75, 3.05) is 6.54 Å². The Labute approximate surface area is 77.0 Å². The van der Waals surface area contributed by atoms with E-state index in [1.165, 1.54) is 0 Å². The van der Waals surface area contributed by atoms with Crippen LogP contribution in [0.3, 0.4) is 0 Å². The molecule has 0 bridgehead atoms. The van der Waals surface area contributed by atoms with Gasteiger partial charge in [-0.15, -0.1) is 0 Å². The summed E-state index contributed by atoms with van der Waals surface area (Å²) in [7, 11) is 0. The fourth-order valence-electron chi connectivity index (χ4n) is 1.04. The van der Waals surface area contributed by atoms with Gasteiger partial charge in [-0.2, -0.15) is 0 Å². The maximum absolute atomic E-state index is 5.43. The van der Waals surface area contributed by atoms with Crippen LogP contribution >= 0.6 is 12.2 Å². The van der Waals surface area contributed by atoms with Crippen molar-refractivity contribution in [2.45, 2.75) is 19.8 Å². The number of nitrogens with one attached hydrogen (secondary N) is 1. The van der Waals surface area contributed by atoms with Gasteiger partial charge in [0.2, 0.25) is 0 Å². The van der Waals surface area contributed by atoms with Gasteiger partial charge >= 0.3 is 0 Å². The zero-order valence-electron chi connectivity index (χ0n) is 7.13. The Bertz CT molecular complexity index is 305. The molecule has 0 amide bonds. The van der Waals surface area contributed by atoms with E-state index in [9.17, 15) is 0 Å². The zero-order chi connectivity index (χ0) is 8.97. The van der Waals surface area contributed by atoms with Gasteiger partial charge in [-0.05, 0) is 37.7 Å². The van der Waals surface area contributed by atoms with Gasteiger partial charge in [0, 0.05) is 11.4 Å². The highest BCUT2D eigenvalue weighted by atomic mass is 32.1. The van der Waals surface area contributed by atoms with Crippen LogP contribution in [0.5, 0.6) is 0 Å². The maximum atomic E-state index is 5.43. The monoisotopic (exact) mass is 183 g/mol. The average Bonchev–Trinajstić information content (AvgIpc) is 2.04. The van der Waals surface area contributed by atoms with E-state index < -0.39 is 0 Å². The minimum absolute atomic E-state index is 0.554. The summed E-state index contributed by atoms with van der Waals surface area (Å²) >= 11 is 4.96. The van der Waals surface area contributed by atoms with Crippen molar-refractivity contribution in [2.24, 2.45) is 5.73 Å². The summed E-state index contributed by atoms with van der Waals surface area (Å²) < 4.78 is 0.554. The average molecular weight is 183 g/mol. The van der Waals surface area contributed by atoms with Crippen LogP contribution in [0.4, 0.5) is 0 Å². The lowest BCUT2D eigenvalue weighted by Gasteiger charge is -2.01. The predicted octanol–water partition coefficient (Wildman–Crippen LogP) is 1.20. The van der Waals surface area contributed by atoms with E-state index in [1.54, 1.807) is 0 Å². The van der Waals surface area contributed by atoms with Crippen LogP contribution < -0.4 is 5.73 Å². The molecule has 4 heteroatoms. The first-order valence-electron chi connectivity index (χ1n) is 4.05. The number of nitrogens with two attached hydrogens (primary N) is 1. The van der Waals surface area contributed by atoms with Crippen LogP contribution in [0.25, 0.3) is 0 Å². The summed E-state index contributed by atoms with van der Waals surface area (Å²) in [5, 5.41) is 0. The molecule has 12 heavy (non-hydrogen) atoms. The third-order valence-electron chi connectivity index (χ3n) is 1.63. The van der Waals surface area contributed by atoms with Crippen LogP contribution in [0, 0.1) is 4.77 Å². The molecule has 0 radical (unpaired) electrons.